The number of furan rings is 1. The number of aryl methyl sites for hydroxylation is 1. The third kappa shape index (κ3) is 3.65. The fourth-order valence-electron chi connectivity index (χ4n) is 3.03. The van der Waals surface area contributed by atoms with E-state index in [4.69, 9.17) is 10.2 Å². The highest BCUT2D eigenvalue weighted by Crippen LogP contribution is 2.30. The highest BCUT2D eigenvalue weighted by Gasteiger charge is 2.36. The minimum atomic E-state index is -0.0430. The molecule has 2 aromatic rings. The molecule has 1 saturated heterocycles. The van der Waals surface area contributed by atoms with Gasteiger partial charge in [-0.1, -0.05) is 38.1 Å². The molecule has 130 valence electrons. The molecular weight excluding hydrogens is 324 g/mol. The lowest BCUT2D eigenvalue weighted by molar-refractivity contribution is 0.0746. The summed E-state index contributed by atoms with van der Waals surface area (Å²) in [5.74, 6) is 1.09. The van der Waals surface area contributed by atoms with Gasteiger partial charge >= 0.3 is 0 Å². The maximum atomic E-state index is 12.6. The molecule has 24 heavy (non-hydrogen) atoms. The fraction of sp³-hybridized carbons (Fsp3) is 0.421. The standard InChI is InChI=1S/C19H24N2O2.ClH/c1-3-14-4-6-15(7-5-14)16-8-9-17(23-16)18(22)21-11-10-19(2,12-20)13-21;/h4-9H,3,10-13,20H2,1-2H3;1H. The third-order valence-electron chi connectivity index (χ3n) is 4.80. The molecular formula is C19H25ClN2O2. The molecule has 1 amide bonds. The average Bonchev–Trinajstić information content (AvgIpc) is 3.22. The first-order valence-electron chi connectivity index (χ1n) is 8.23. The molecule has 0 aliphatic carbocycles. The van der Waals surface area contributed by atoms with E-state index in [1.54, 1.807) is 6.07 Å². The van der Waals surface area contributed by atoms with Gasteiger partial charge in [0.25, 0.3) is 5.91 Å². The van der Waals surface area contributed by atoms with E-state index in [-0.39, 0.29) is 23.7 Å². The van der Waals surface area contributed by atoms with Crippen molar-refractivity contribution in [1.82, 2.24) is 4.90 Å². The number of nitrogens with two attached hydrogens (primary N) is 1. The topological polar surface area (TPSA) is 59.5 Å². The number of amides is 1. The number of hydrogen-bond donors (Lipinski definition) is 1. The molecule has 1 fully saturated rings. The van der Waals surface area contributed by atoms with Crippen molar-refractivity contribution in [3.05, 3.63) is 47.7 Å². The summed E-state index contributed by atoms with van der Waals surface area (Å²) in [5.41, 5.74) is 8.12. The van der Waals surface area contributed by atoms with E-state index in [1.165, 1.54) is 5.56 Å². The quantitative estimate of drug-likeness (QED) is 0.915. The Balaban J connectivity index is 0.00000208. The number of carbonyl (C=O) groups excluding carboxylic acids is 1. The highest BCUT2D eigenvalue weighted by molar-refractivity contribution is 5.92. The normalized spacial score (nSPS) is 20.0. The number of rotatable bonds is 4. The van der Waals surface area contributed by atoms with Crippen LogP contribution in [0.3, 0.4) is 0 Å². The minimum Gasteiger partial charge on any atom is -0.451 e. The van der Waals surface area contributed by atoms with Gasteiger partial charge in [0.2, 0.25) is 0 Å². The van der Waals surface area contributed by atoms with E-state index in [0.717, 1.165) is 30.7 Å². The molecule has 2 N–H and O–H groups in total. The Morgan fingerprint density at radius 3 is 2.54 bits per heavy atom. The first kappa shape index (κ1) is 18.6. The molecule has 0 saturated carbocycles. The van der Waals surface area contributed by atoms with Gasteiger partial charge in [-0.15, -0.1) is 12.4 Å². The summed E-state index contributed by atoms with van der Waals surface area (Å²) < 4.78 is 5.80. The zero-order valence-corrected chi connectivity index (χ0v) is 15.1. The van der Waals surface area contributed by atoms with Crippen molar-refractivity contribution >= 4 is 18.3 Å². The summed E-state index contributed by atoms with van der Waals surface area (Å²) in [6.45, 7) is 6.30. The van der Waals surface area contributed by atoms with Crippen LogP contribution in [0.25, 0.3) is 11.3 Å². The number of hydrogen-bond acceptors (Lipinski definition) is 3. The van der Waals surface area contributed by atoms with Crippen LogP contribution in [-0.4, -0.2) is 30.4 Å². The van der Waals surface area contributed by atoms with Gasteiger partial charge in [0, 0.05) is 18.7 Å². The predicted molar refractivity (Wildman–Crippen MR) is 98.5 cm³/mol. The summed E-state index contributed by atoms with van der Waals surface area (Å²) in [4.78, 5) is 14.4. The minimum absolute atomic E-state index is 0. The third-order valence-corrected chi connectivity index (χ3v) is 4.80. The molecule has 4 nitrogen and oxygen atoms in total. The second kappa shape index (κ2) is 7.41. The lowest BCUT2D eigenvalue weighted by Crippen LogP contribution is -2.34. The first-order valence-corrected chi connectivity index (χ1v) is 8.23. The average molecular weight is 349 g/mol. The monoisotopic (exact) mass is 348 g/mol. The molecule has 1 aromatic carbocycles. The zero-order chi connectivity index (χ0) is 16.4. The van der Waals surface area contributed by atoms with E-state index in [2.05, 4.69) is 26.0 Å². The Hall–Kier alpha value is -1.78. The van der Waals surface area contributed by atoms with Crippen molar-refractivity contribution < 1.29 is 9.21 Å². The van der Waals surface area contributed by atoms with Crippen molar-refractivity contribution in [2.45, 2.75) is 26.7 Å². The van der Waals surface area contributed by atoms with Crippen molar-refractivity contribution in [1.29, 1.82) is 0 Å². The molecule has 1 atom stereocenters. The summed E-state index contributed by atoms with van der Waals surface area (Å²) in [7, 11) is 0. The van der Waals surface area contributed by atoms with Crippen LogP contribution >= 0.6 is 12.4 Å². The molecule has 1 unspecified atom stereocenters. The highest BCUT2D eigenvalue weighted by atomic mass is 35.5. The molecule has 1 aliphatic rings. The zero-order valence-electron chi connectivity index (χ0n) is 14.2. The van der Waals surface area contributed by atoms with Crippen LogP contribution < -0.4 is 5.73 Å². The number of carbonyl (C=O) groups is 1. The maximum absolute atomic E-state index is 12.6. The summed E-state index contributed by atoms with van der Waals surface area (Å²) in [6.07, 6.45) is 1.96. The lowest BCUT2D eigenvalue weighted by Gasteiger charge is -2.21. The summed E-state index contributed by atoms with van der Waals surface area (Å²) >= 11 is 0. The van der Waals surface area contributed by atoms with Gasteiger partial charge in [-0.2, -0.15) is 0 Å². The van der Waals surface area contributed by atoms with E-state index in [1.807, 2.05) is 23.1 Å². The Morgan fingerprint density at radius 1 is 1.25 bits per heavy atom. The fourth-order valence-corrected chi connectivity index (χ4v) is 3.03. The lowest BCUT2D eigenvalue weighted by atomic mass is 9.90. The van der Waals surface area contributed by atoms with Crippen LogP contribution in [0.4, 0.5) is 0 Å². The van der Waals surface area contributed by atoms with Crippen molar-refractivity contribution in [3.8, 4) is 11.3 Å². The van der Waals surface area contributed by atoms with Crippen LogP contribution in [0.1, 0.15) is 36.4 Å². The number of nitrogens with zero attached hydrogens (tertiary/aromatic N) is 1. The Morgan fingerprint density at radius 2 is 1.96 bits per heavy atom. The van der Waals surface area contributed by atoms with E-state index in [9.17, 15) is 4.79 Å². The maximum Gasteiger partial charge on any atom is 0.289 e. The summed E-state index contributed by atoms with van der Waals surface area (Å²) in [6, 6.07) is 11.9. The van der Waals surface area contributed by atoms with Crippen molar-refractivity contribution in [2.75, 3.05) is 19.6 Å². The van der Waals surface area contributed by atoms with Gasteiger partial charge < -0.3 is 15.1 Å². The second-order valence-corrected chi connectivity index (χ2v) is 6.71. The second-order valence-electron chi connectivity index (χ2n) is 6.71. The van der Waals surface area contributed by atoms with E-state index in [0.29, 0.717) is 18.8 Å². The van der Waals surface area contributed by atoms with Gasteiger partial charge in [-0.05, 0) is 42.5 Å². The largest absolute Gasteiger partial charge is 0.451 e. The van der Waals surface area contributed by atoms with E-state index < -0.39 is 0 Å². The molecule has 0 bridgehead atoms. The van der Waals surface area contributed by atoms with Crippen molar-refractivity contribution in [3.63, 3.8) is 0 Å². The van der Waals surface area contributed by atoms with Gasteiger partial charge in [-0.3, -0.25) is 4.79 Å². The first-order chi connectivity index (χ1) is 11.0. The molecule has 1 aliphatic heterocycles. The number of benzene rings is 1. The van der Waals surface area contributed by atoms with Gasteiger partial charge in [0.05, 0.1) is 0 Å². The molecule has 5 heteroatoms. The van der Waals surface area contributed by atoms with Gasteiger partial charge in [-0.25, -0.2) is 0 Å². The molecule has 0 spiro atoms. The van der Waals surface area contributed by atoms with Crippen LogP contribution in [0.2, 0.25) is 0 Å². The Labute approximate surface area is 149 Å². The number of likely N-dealkylation sites (tertiary alicyclic amines) is 1. The van der Waals surface area contributed by atoms with Crippen LogP contribution in [-0.2, 0) is 6.42 Å². The predicted octanol–water partition coefficient (Wildman–Crippen LogP) is 3.74. The number of halogens is 1. The van der Waals surface area contributed by atoms with Crippen LogP contribution in [0.5, 0.6) is 0 Å². The van der Waals surface area contributed by atoms with Gasteiger partial charge in [0.15, 0.2) is 5.76 Å². The Bertz CT molecular complexity index is 696. The molecule has 0 radical (unpaired) electrons. The Kier molecular flexibility index (Phi) is 5.73. The molecule has 3 rings (SSSR count). The SMILES string of the molecule is CCc1ccc(-c2ccc(C(=O)N3CCC(C)(CN)C3)o2)cc1.Cl. The van der Waals surface area contributed by atoms with Gasteiger partial charge in [0.1, 0.15) is 5.76 Å². The summed E-state index contributed by atoms with van der Waals surface area (Å²) in [5, 5.41) is 0. The molecule has 1 aromatic heterocycles. The van der Waals surface area contributed by atoms with Crippen LogP contribution in [0.15, 0.2) is 40.8 Å². The van der Waals surface area contributed by atoms with Crippen LogP contribution in [0, 0.1) is 5.41 Å². The smallest absolute Gasteiger partial charge is 0.289 e. The molecule has 2 heterocycles. The van der Waals surface area contributed by atoms with Crippen molar-refractivity contribution in [2.24, 2.45) is 11.1 Å². The van der Waals surface area contributed by atoms with E-state index >= 15 is 0 Å².